The number of urea groups is 1. The van der Waals surface area contributed by atoms with Crippen LogP contribution < -0.4 is 27.0 Å². The van der Waals surface area contributed by atoms with Crippen molar-refractivity contribution < 1.29 is 19.2 Å². The van der Waals surface area contributed by atoms with Crippen LogP contribution in [-0.2, 0) is 14.4 Å². The lowest BCUT2D eigenvalue weighted by molar-refractivity contribution is -0.122. The zero-order valence-corrected chi connectivity index (χ0v) is 15.5. The van der Waals surface area contributed by atoms with Gasteiger partial charge in [-0.25, -0.2) is 4.79 Å². The fraction of sp³-hybridized carbons (Fsp3) is 0.750. The van der Waals surface area contributed by atoms with Gasteiger partial charge in [0.25, 0.3) is 0 Å². The molecule has 0 aliphatic carbocycles. The van der Waals surface area contributed by atoms with Crippen molar-refractivity contribution in [2.24, 2.45) is 5.73 Å². The molecule has 4 unspecified atom stereocenters. The normalized spacial score (nSPS) is 24.9. The van der Waals surface area contributed by atoms with E-state index in [2.05, 4.69) is 21.3 Å². The topological polar surface area (TPSA) is 142 Å². The van der Waals surface area contributed by atoms with E-state index < -0.39 is 11.9 Å². The van der Waals surface area contributed by atoms with Gasteiger partial charge in [-0.2, -0.15) is 11.8 Å². The largest absolute Gasteiger partial charge is 0.368 e. The molecule has 2 aliphatic heterocycles. The SMILES string of the molecule is NC(=O)C(CCCNC(=O)CCCCC1SCC2NC(=O)NC21)NC=O. The molecule has 5 amide bonds. The number of carbonyl (C=O) groups is 4. The highest BCUT2D eigenvalue weighted by molar-refractivity contribution is 8.00. The second-order valence-corrected chi connectivity index (χ2v) is 7.87. The van der Waals surface area contributed by atoms with Crippen LogP contribution in [0.25, 0.3) is 0 Å². The van der Waals surface area contributed by atoms with Gasteiger partial charge in [0, 0.05) is 24.0 Å². The van der Waals surface area contributed by atoms with Crippen LogP contribution in [0, 0.1) is 0 Å². The lowest BCUT2D eigenvalue weighted by atomic mass is 10.0. The summed E-state index contributed by atoms with van der Waals surface area (Å²) in [4.78, 5) is 44.6. The van der Waals surface area contributed by atoms with Gasteiger partial charge in [-0.3, -0.25) is 14.4 Å². The number of primary amides is 1. The number of amides is 5. The molecule has 0 bridgehead atoms. The maximum absolute atomic E-state index is 11.8. The first-order valence-corrected chi connectivity index (χ1v) is 10.0. The molecule has 2 saturated heterocycles. The minimum Gasteiger partial charge on any atom is -0.368 e. The van der Waals surface area contributed by atoms with E-state index in [1.54, 1.807) is 0 Å². The Morgan fingerprint density at radius 2 is 2.12 bits per heavy atom. The van der Waals surface area contributed by atoms with Crippen molar-refractivity contribution in [2.45, 2.75) is 61.9 Å². The molecule has 146 valence electrons. The van der Waals surface area contributed by atoms with Crippen LogP contribution in [0.1, 0.15) is 38.5 Å². The molecule has 10 heteroatoms. The van der Waals surface area contributed by atoms with E-state index in [0.29, 0.717) is 37.5 Å². The lowest BCUT2D eigenvalue weighted by Crippen LogP contribution is -2.41. The molecular formula is C16H27N5O4S. The van der Waals surface area contributed by atoms with Crippen LogP contribution in [0.15, 0.2) is 0 Å². The minimum atomic E-state index is -0.692. The summed E-state index contributed by atoms with van der Waals surface area (Å²) in [5.74, 6) is 0.348. The Morgan fingerprint density at radius 1 is 1.31 bits per heavy atom. The summed E-state index contributed by atoms with van der Waals surface area (Å²) in [5.41, 5.74) is 5.16. The number of unbranched alkanes of at least 4 members (excludes halogenated alkanes) is 1. The summed E-state index contributed by atoms with van der Waals surface area (Å²) in [5, 5.41) is 11.5. The number of nitrogens with one attached hydrogen (secondary N) is 4. The van der Waals surface area contributed by atoms with E-state index in [-0.39, 0.29) is 24.0 Å². The highest BCUT2D eigenvalue weighted by Crippen LogP contribution is 2.33. The van der Waals surface area contributed by atoms with Gasteiger partial charge in [-0.1, -0.05) is 6.42 Å². The van der Waals surface area contributed by atoms with E-state index in [1.807, 2.05) is 11.8 Å². The van der Waals surface area contributed by atoms with Crippen LogP contribution in [0.4, 0.5) is 4.79 Å². The van der Waals surface area contributed by atoms with Crippen molar-refractivity contribution in [1.29, 1.82) is 0 Å². The van der Waals surface area contributed by atoms with Gasteiger partial charge in [0.1, 0.15) is 6.04 Å². The van der Waals surface area contributed by atoms with E-state index >= 15 is 0 Å². The van der Waals surface area contributed by atoms with Crippen molar-refractivity contribution in [3.8, 4) is 0 Å². The Balaban J connectivity index is 1.51. The minimum absolute atomic E-state index is 0.0169. The summed E-state index contributed by atoms with van der Waals surface area (Å²) in [6.07, 6.45) is 4.60. The first-order valence-electron chi connectivity index (χ1n) is 8.95. The van der Waals surface area contributed by atoms with Gasteiger partial charge in [0.2, 0.25) is 18.2 Å². The molecule has 4 atom stereocenters. The highest BCUT2D eigenvalue weighted by Gasteiger charge is 2.42. The Bertz CT molecular complexity index is 533. The summed E-state index contributed by atoms with van der Waals surface area (Å²) >= 11 is 1.87. The number of rotatable bonds is 12. The first kappa shape index (κ1) is 20.3. The molecule has 2 aliphatic rings. The number of nitrogens with two attached hydrogens (primary N) is 1. The average molecular weight is 385 g/mol. The van der Waals surface area contributed by atoms with E-state index in [1.165, 1.54) is 0 Å². The Morgan fingerprint density at radius 3 is 2.85 bits per heavy atom. The summed E-state index contributed by atoms with van der Waals surface area (Å²) in [7, 11) is 0. The third kappa shape index (κ3) is 6.08. The van der Waals surface area contributed by atoms with E-state index in [0.717, 1.165) is 25.0 Å². The molecule has 6 N–H and O–H groups in total. The molecule has 0 saturated carbocycles. The summed E-state index contributed by atoms with van der Waals surface area (Å²) < 4.78 is 0. The number of hydrogen-bond donors (Lipinski definition) is 5. The molecule has 0 aromatic rings. The predicted octanol–water partition coefficient (Wildman–Crippen LogP) is -0.791. The van der Waals surface area contributed by atoms with Crippen molar-refractivity contribution in [2.75, 3.05) is 12.3 Å². The van der Waals surface area contributed by atoms with Crippen molar-refractivity contribution in [3.63, 3.8) is 0 Å². The van der Waals surface area contributed by atoms with Crippen LogP contribution >= 0.6 is 11.8 Å². The van der Waals surface area contributed by atoms with Gasteiger partial charge in [-0.15, -0.1) is 0 Å². The molecule has 2 heterocycles. The average Bonchev–Trinajstić information content (AvgIpc) is 3.13. The number of hydrogen-bond acceptors (Lipinski definition) is 5. The molecule has 0 aromatic carbocycles. The molecular weight excluding hydrogens is 358 g/mol. The molecule has 2 fully saturated rings. The standard InChI is InChI=1S/C16H27N5O4S/c17-15(24)10(19-9-22)4-3-7-18-13(23)6-2-1-5-12-14-11(8-26-12)20-16(25)21-14/h9-12,14H,1-8H2,(H2,17,24)(H,18,23)(H,19,22)(H2,20,21,25). The van der Waals surface area contributed by atoms with E-state index in [4.69, 9.17) is 5.73 Å². The Hall–Kier alpha value is -1.97. The quantitative estimate of drug-likeness (QED) is 0.170. The number of thioether (sulfide) groups is 1. The Kier molecular flexibility index (Phi) is 8.02. The van der Waals surface area contributed by atoms with Gasteiger partial charge in [0.05, 0.1) is 12.1 Å². The fourth-order valence-corrected chi connectivity index (χ4v) is 4.83. The van der Waals surface area contributed by atoms with Crippen molar-refractivity contribution in [3.05, 3.63) is 0 Å². The Labute approximate surface area is 157 Å². The smallest absolute Gasteiger partial charge is 0.315 e. The maximum atomic E-state index is 11.8. The summed E-state index contributed by atoms with van der Waals surface area (Å²) in [6.45, 7) is 0.448. The van der Waals surface area contributed by atoms with Crippen LogP contribution in [0.3, 0.4) is 0 Å². The lowest BCUT2D eigenvalue weighted by Gasteiger charge is -2.16. The molecule has 0 radical (unpaired) electrons. The van der Waals surface area contributed by atoms with Crippen LogP contribution in [-0.4, -0.2) is 59.9 Å². The molecule has 26 heavy (non-hydrogen) atoms. The molecule has 0 aromatic heterocycles. The zero-order chi connectivity index (χ0) is 18.9. The molecule has 9 nitrogen and oxygen atoms in total. The fourth-order valence-electron chi connectivity index (χ4n) is 3.29. The van der Waals surface area contributed by atoms with Crippen molar-refractivity contribution in [1.82, 2.24) is 21.3 Å². The third-order valence-corrected chi connectivity index (χ3v) is 6.19. The van der Waals surface area contributed by atoms with Crippen LogP contribution in [0.5, 0.6) is 0 Å². The number of carbonyl (C=O) groups excluding carboxylic acids is 4. The second kappa shape index (κ2) is 10.2. The highest BCUT2D eigenvalue weighted by atomic mass is 32.2. The molecule has 0 spiro atoms. The van der Waals surface area contributed by atoms with Gasteiger partial charge < -0.3 is 27.0 Å². The van der Waals surface area contributed by atoms with Crippen LogP contribution in [0.2, 0.25) is 0 Å². The maximum Gasteiger partial charge on any atom is 0.315 e. The van der Waals surface area contributed by atoms with Gasteiger partial charge in [-0.05, 0) is 25.7 Å². The van der Waals surface area contributed by atoms with Gasteiger partial charge in [0.15, 0.2) is 0 Å². The van der Waals surface area contributed by atoms with Crippen molar-refractivity contribution >= 4 is 36.0 Å². The van der Waals surface area contributed by atoms with E-state index in [9.17, 15) is 19.2 Å². The third-order valence-electron chi connectivity index (χ3n) is 4.69. The second-order valence-electron chi connectivity index (χ2n) is 6.60. The van der Waals surface area contributed by atoms with Gasteiger partial charge >= 0.3 is 6.03 Å². The zero-order valence-electron chi connectivity index (χ0n) is 14.7. The molecule has 2 rings (SSSR count). The predicted molar refractivity (Wildman–Crippen MR) is 98.4 cm³/mol. The first-order chi connectivity index (χ1) is 12.5. The monoisotopic (exact) mass is 385 g/mol. The summed E-state index contributed by atoms with van der Waals surface area (Å²) in [6, 6.07) is -0.326. The number of fused-ring (bicyclic) bond motifs is 1.